The standard InChI is InChI=1S/C14H17ClF3NO/c1-3-11(19)6-10-4-5-13(20-8-9(2)15)12(7-10)14(16,17)18/h4-5,7,11H,2-3,6,8,19H2,1H3. The zero-order chi connectivity index (χ0) is 15.3. The lowest BCUT2D eigenvalue weighted by Gasteiger charge is -2.16. The van der Waals surface area contributed by atoms with Crippen LogP contribution in [0.3, 0.4) is 0 Å². The van der Waals surface area contributed by atoms with E-state index in [1.807, 2.05) is 6.92 Å². The smallest absolute Gasteiger partial charge is 0.419 e. The fourth-order valence-corrected chi connectivity index (χ4v) is 1.71. The molecule has 1 unspecified atom stereocenters. The Labute approximate surface area is 121 Å². The van der Waals surface area contributed by atoms with Crippen molar-refractivity contribution in [2.75, 3.05) is 6.61 Å². The van der Waals surface area contributed by atoms with E-state index in [1.165, 1.54) is 6.07 Å². The van der Waals surface area contributed by atoms with Crippen LogP contribution in [0.1, 0.15) is 24.5 Å². The van der Waals surface area contributed by atoms with E-state index in [0.717, 1.165) is 6.07 Å². The first-order valence-corrected chi connectivity index (χ1v) is 6.53. The van der Waals surface area contributed by atoms with Crippen molar-refractivity contribution in [3.63, 3.8) is 0 Å². The molecule has 0 radical (unpaired) electrons. The van der Waals surface area contributed by atoms with Gasteiger partial charge in [0, 0.05) is 11.1 Å². The first-order chi connectivity index (χ1) is 9.24. The second-order valence-corrected chi connectivity index (χ2v) is 5.04. The lowest BCUT2D eigenvalue weighted by atomic mass is 10.0. The Hall–Kier alpha value is -1.20. The molecular formula is C14H17ClF3NO. The molecule has 1 rings (SSSR count). The van der Waals surface area contributed by atoms with Crippen molar-refractivity contribution < 1.29 is 17.9 Å². The molecule has 0 amide bonds. The molecule has 1 aromatic rings. The lowest BCUT2D eigenvalue weighted by Crippen LogP contribution is -2.21. The highest BCUT2D eigenvalue weighted by Gasteiger charge is 2.34. The lowest BCUT2D eigenvalue weighted by molar-refractivity contribution is -0.138. The Morgan fingerprint density at radius 3 is 2.60 bits per heavy atom. The number of benzene rings is 1. The van der Waals surface area contributed by atoms with E-state index in [1.54, 1.807) is 6.07 Å². The van der Waals surface area contributed by atoms with Crippen molar-refractivity contribution in [2.24, 2.45) is 5.73 Å². The van der Waals surface area contributed by atoms with Crippen LogP contribution >= 0.6 is 11.6 Å². The van der Waals surface area contributed by atoms with Gasteiger partial charge in [-0.2, -0.15) is 13.2 Å². The summed E-state index contributed by atoms with van der Waals surface area (Å²) in [6.07, 6.45) is -3.40. The first kappa shape index (κ1) is 16.9. The van der Waals surface area contributed by atoms with Gasteiger partial charge in [-0.1, -0.05) is 31.2 Å². The quantitative estimate of drug-likeness (QED) is 0.858. The number of hydrogen-bond acceptors (Lipinski definition) is 2. The van der Waals surface area contributed by atoms with Gasteiger partial charge in [-0.05, 0) is 30.5 Å². The molecule has 0 aliphatic rings. The van der Waals surface area contributed by atoms with Crippen LogP contribution in [0.15, 0.2) is 29.8 Å². The van der Waals surface area contributed by atoms with Crippen LogP contribution in [0.4, 0.5) is 13.2 Å². The molecule has 0 heterocycles. The summed E-state index contributed by atoms with van der Waals surface area (Å²) >= 11 is 5.50. The number of nitrogens with two attached hydrogens (primary N) is 1. The zero-order valence-corrected chi connectivity index (χ0v) is 11.9. The van der Waals surface area contributed by atoms with Gasteiger partial charge < -0.3 is 10.5 Å². The molecule has 0 aliphatic heterocycles. The number of ether oxygens (including phenoxy) is 1. The van der Waals surface area contributed by atoms with E-state index in [9.17, 15) is 13.2 Å². The van der Waals surface area contributed by atoms with Gasteiger partial charge in [0.1, 0.15) is 12.4 Å². The Bertz CT molecular complexity index is 474. The predicted molar refractivity (Wildman–Crippen MR) is 73.9 cm³/mol. The molecule has 6 heteroatoms. The number of rotatable bonds is 6. The van der Waals surface area contributed by atoms with E-state index in [2.05, 4.69) is 6.58 Å². The number of alkyl halides is 3. The minimum atomic E-state index is -4.49. The van der Waals surface area contributed by atoms with Gasteiger partial charge in [0.25, 0.3) is 0 Å². The van der Waals surface area contributed by atoms with Crippen LogP contribution in [0.5, 0.6) is 5.75 Å². The highest BCUT2D eigenvalue weighted by Crippen LogP contribution is 2.37. The van der Waals surface area contributed by atoms with Gasteiger partial charge in [0.05, 0.1) is 5.56 Å². The fourth-order valence-electron chi connectivity index (χ4n) is 1.65. The Morgan fingerprint density at radius 2 is 2.10 bits per heavy atom. The third kappa shape index (κ3) is 5.06. The highest BCUT2D eigenvalue weighted by atomic mass is 35.5. The maximum atomic E-state index is 13.0. The predicted octanol–water partition coefficient (Wildman–Crippen LogP) is 4.12. The van der Waals surface area contributed by atoms with Gasteiger partial charge in [-0.15, -0.1) is 0 Å². The van der Waals surface area contributed by atoms with Gasteiger partial charge in [-0.25, -0.2) is 0 Å². The van der Waals surface area contributed by atoms with E-state index in [-0.39, 0.29) is 23.4 Å². The van der Waals surface area contributed by atoms with Crippen molar-refractivity contribution in [1.82, 2.24) is 0 Å². The molecule has 0 fully saturated rings. The summed E-state index contributed by atoms with van der Waals surface area (Å²) < 4.78 is 44.0. The van der Waals surface area contributed by atoms with Gasteiger partial charge in [-0.3, -0.25) is 0 Å². The SMILES string of the molecule is C=C(Cl)COc1ccc(CC(N)CC)cc1C(F)(F)F. The van der Waals surface area contributed by atoms with Crippen LogP contribution in [0.2, 0.25) is 0 Å². The van der Waals surface area contributed by atoms with Crippen molar-refractivity contribution in [3.05, 3.63) is 40.9 Å². The molecule has 2 nitrogen and oxygen atoms in total. The third-order valence-corrected chi connectivity index (χ3v) is 2.87. The molecule has 0 saturated carbocycles. The molecular weight excluding hydrogens is 291 g/mol. The number of hydrogen-bond donors (Lipinski definition) is 1. The van der Waals surface area contributed by atoms with Crippen LogP contribution in [0, 0.1) is 0 Å². The molecule has 0 aromatic heterocycles. The normalized spacial score (nSPS) is 13.1. The largest absolute Gasteiger partial charge is 0.487 e. The molecule has 2 N–H and O–H groups in total. The fraction of sp³-hybridized carbons (Fsp3) is 0.429. The molecule has 1 atom stereocenters. The van der Waals surface area contributed by atoms with E-state index in [4.69, 9.17) is 22.1 Å². The minimum absolute atomic E-state index is 0.134. The Balaban J connectivity index is 3.04. The minimum Gasteiger partial charge on any atom is -0.487 e. The highest BCUT2D eigenvalue weighted by molar-refractivity contribution is 6.29. The van der Waals surface area contributed by atoms with Crippen LogP contribution < -0.4 is 10.5 Å². The van der Waals surface area contributed by atoms with Crippen LogP contribution in [-0.4, -0.2) is 12.6 Å². The summed E-state index contributed by atoms with van der Waals surface area (Å²) in [5, 5.41) is 0.134. The maximum absolute atomic E-state index is 13.0. The summed E-state index contributed by atoms with van der Waals surface area (Å²) in [6, 6.07) is 3.78. The summed E-state index contributed by atoms with van der Waals surface area (Å²) in [6.45, 7) is 5.09. The van der Waals surface area contributed by atoms with Crippen molar-refractivity contribution >= 4 is 11.6 Å². The van der Waals surface area contributed by atoms with E-state index < -0.39 is 11.7 Å². The van der Waals surface area contributed by atoms with Crippen molar-refractivity contribution in [3.8, 4) is 5.75 Å². The summed E-state index contributed by atoms with van der Waals surface area (Å²) in [4.78, 5) is 0. The topological polar surface area (TPSA) is 35.2 Å². The van der Waals surface area contributed by atoms with Gasteiger partial charge in [0.2, 0.25) is 0 Å². The Morgan fingerprint density at radius 1 is 1.45 bits per heavy atom. The average molecular weight is 308 g/mol. The molecule has 0 aliphatic carbocycles. The first-order valence-electron chi connectivity index (χ1n) is 6.15. The zero-order valence-electron chi connectivity index (χ0n) is 11.1. The average Bonchev–Trinajstić information content (AvgIpc) is 2.35. The maximum Gasteiger partial charge on any atom is 0.419 e. The van der Waals surface area contributed by atoms with Gasteiger partial charge in [0.15, 0.2) is 0 Å². The summed E-state index contributed by atoms with van der Waals surface area (Å²) in [5.74, 6) is -0.256. The summed E-state index contributed by atoms with van der Waals surface area (Å²) in [5.41, 5.74) is 5.47. The van der Waals surface area contributed by atoms with Crippen LogP contribution in [-0.2, 0) is 12.6 Å². The van der Waals surface area contributed by atoms with Gasteiger partial charge >= 0.3 is 6.18 Å². The molecule has 0 saturated heterocycles. The molecule has 20 heavy (non-hydrogen) atoms. The molecule has 0 bridgehead atoms. The van der Waals surface area contributed by atoms with E-state index in [0.29, 0.717) is 18.4 Å². The molecule has 0 spiro atoms. The summed E-state index contributed by atoms with van der Waals surface area (Å²) in [7, 11) is 0. The monoisotopic (exact) mass is 307 g/mol. The second kappa shape index (κ2) is 6.99. The molecule has 1 aromatic carbocycles. The number of halogens is 4. The van der Waals surface area contributed by atoms with Crippen molar-refractivity contribution in [2.45, 2.75) is 32.0 Å². The third-order valence-electron chi connectivity index (χ3n) is 2.76. The molecule has 112 valence electrons. The second-order valence-electron chi connectivity index (χ2n) is 4.51. The van der Waals surface area contributed by atoms with Crippen molar-refractivity contribution in [1.29, 1.82) is 0 Å². The Kier molecular flexibility index (Phi) is 5.89. The van der Waals surface area contributed by atoms with Crippen LogP contribution in [0.25, 0.3) is 0 Å². The van der Waals surface area contributed by atoms with E-state index >= 15 is 0 Å².